The molecule has 14 heavy (non-hydrogen) atoms. The third kappa shape index (κ3) is 1.33. The van der Waals surface area contributed by atoms with Crippen molar-refractivity contribution in [3.63, 3.8) is 0 Å². The highest BCUT2D eigenvalue weighted by atomic mass is 32.1. The van der Waals surface area contributed by atoms with Gasteiger partial charge in [-0.2, -0.15) is 0 Å². The molecule has 4 N–H and O–H groups in total. The molecular weight excluding hydrogens is 202 g/mol. The highest BCUT2D eigenvalue weighted by Crippen LogP contribution is 2.14. The average Bonchev–Trinajstić information content (AvgIpc) is 2.70. The first-order valence-corrected chi connectivity index (χ1v) is 4.61. The van der Waals surface area contributed by atoms with Gasteiger partial charge in [-0.1, -0.05) is 0 Å². The molecule has 6 nitrogen and oxygen atoms in total. The number of anilines is 1. The molecule has 0 saturated carbocycles. The van der Waals surface area contributed by atoms with Gasteiger partial charge in [-0.05, 0) is 0 Å². The molecule has 0 atom stereocenters. The fourth-order valence-electron chi connectivity index (χ4n) is 1.00. The van der Waals surface area contributed by atoms with E-state index in [1.54, 1.807) is 11.6 Å². The zero-order valence-corrected chi connectivity index (χ0v) is 7.86. The van der Waals surface area contributed by atoms with E-state index in [4.69, 9.17) is 11.5 Å². The van der Waals surface area contributed by atoms with Crippen LogP contribution in [0.25, 0.3) is 5.13 Å². The fourth-order valence-corrected chi connectivity index (χ4v) is 1.57. The van der Waals surface area contributed by atoms with Crippen molar-refractivity contribution < 1.29 is 4.79 Å². The maximum Gasteiger partial charge on any atom is 0.254 e. The Morgan fingerprint density at radius 2 is 2.36 bits per heavy atom. The number of thiazole rings is 1. The molecule has 0 bridgehead atoms. The number of carbonyl (C=O) groups excluding carboxylic acids is 1. The van der Waals surface area contributed by atoms with Gasteiger partial charge in [-0.15, -0.1) is 16.4 Å². The van der Waals surface area contributed by atoms with Gasteiger partial charge in [0, 0.05) is 17.8 Å². The molecule has 0 aliphatic carbocycles. The number of nitrogen functional groups attached to an aromatic ring is 1. The molecule has 2 heterocycles. The second-order valence-electron chi connectivity index (χ2n) is 2.55. The van der Waals surface area contributed by atoms with Gasteiger partial charge in [0.2, 0.25) is 5.13 Å². The monoisotopic (exact) mass is 209 g/mol. The molecule has 0 fully saturated rings. The van der Waals surface area contributed by atoms with Crippen molar-refractivity contribution in [1.29, 1.82) is 0 Å². The van der Waals surface area contributed by atoms with Gasteiger partial charge in [0.05, 0.1) is 0 Å². The summed E-state index contributed by atoms with van der Waals surface area (Å²) in [6.45, 7) is 0. The largest absolute Gasteiger partial charge is 0.382 e. The van der Waals surface area contributed by atoms with E-state index in [0.717, 1.165) is 0 Å². The molecule has 1 amide bonds. The molecule has 0 spiro atoms. The summed E-state index contributed by atoms with van der Waals surface area (Å²) in [6, 6.07) is 0. The molecule has 0 unspecified atom stereocenters. The lowest BCUT2D eigenvalue weighted by Crippen LogP contribution is -2.11. The molecular formula is C7H7N5OS. The predicted molar refractivity (Wildman–Crippen MR) is 52.2 cm³/mol. The van der Waals surface area contributed by atoms with Crippen LogP contribution in [0.5, 0.6) is 0 Å². The molecule has 0 aliphatic heterocycles. The zero-order valence-electron chi connectivity index (χ0n) is 7.04. The topological polar surface area (TPSA) is 99.8 Å². The van der Waals surface area contributed by atoms with Crippen molar-refractivity contribution >= 4 is 23.1 Å². The van der Waals surface area contributed by atoms with Crippen molar-refractivity contribution in [1.82, 2.24) is 14.8 Å². The smallest absolute Gasteiger partial charge is 0.254 e. The number of carbonyl (C=O) groups is 1. The molecule has 0 aromatic carbocycles. The van der Waals surface area contributed by atoms with Crippen molar-refractivity contribution in [3.8, 4) is 5.13 Å². The van der Waals surface area contributed by atoms with E-state index < -0.39 is 5.91 Å². The van der Waals surface area contributed by atoms with Crippen LogP contribution >= 0.6 is 11.3 Å². The van der Waals surface area contributed by atoms with Gasteiger partial charge in [0.15, 0.2) is 5.82 Å². The standard InChI is InChI=1S/C7H7N5OS/c8-5-4(6(9)13)3-12(11-5)7-10-1-2-14-7/h1-3H,(H2,8,11)(H2,9,13). The lowest BCUT2D eigenvalue weighted by molar-refractivity contribution is 0.100. The Bertz CT molecular complexity index is 460. The molecule has 0 radical (unpaired) electrons. The van der Waals surface area contributed by atoms with E-state index in [-0.39, 0.29) is 11.4 Å². The van der Waals surface area contributed by atoms with E-state index >= 15 is 0 Å². The minimum Gasteiger partial charge on any atom is -0.382 e. The minimum atomic E-state index is -0.592. The number of hydrogen-bond acceptors (Lipinski definition) is 5. The van der Waals surface area contributed by atoms with Crippen LogP contribution in [0.15, 0.2) is 17.8 Å². The second kappa shape index (κ2) is 3.11. The molecule has 0 saturated heterocycles. The van der Waals surface area contributed by atoms with E-state index in [1.807, 2.05) is 0 Å². The van der Waals surface area contributed by atoms with Crippen LogP contribution in [-0.4, -0.2) is 20.7 Å². The first-order valence-electron chi connectivity index (χ1n) is 3.73. The summed E-state index contributed by atoms with van der Waals surface area (Å²) in [4.78, 5) is 14.9. The Kier molecular flexibility index (Phi) is 1.93. The molecule has 7 heteroatoms. The minimum absolute atomic E-state index is 0.118. The van der Waals surface area contributed by atoms with Crippen LogP contribution in [0.3, 0.4) is 0 Å². The Balaban J connectivity index is 2.48. The maximum atomic E-state index is 10.9. The summed E-state index contributed by atoms with van der Waals surface area (Å²) >= 11 is 1.39. The second-order valence-corrected chi connectivity index (χ2v) is 3.42. The van der Waals surface area contributed by atoms with Crippen LogP contribution in [0, 0.1) is 0 Å². The molecule has 0 aliphatic rings. The van der Waals surface area contributed by atoms with Crippen LogP contribution in [0.2, 0.25) is 0 Å². The fraction of sp³-hybridized carbons (Fsp3) is 0. The number of amides is 1. The van der Waals surface area contributed by atoms with Crippen LogP contribution < -0.4 is 11.5 Å². The maximum absolute atomic E-state index is 10.9. The number of aromatic nitrogens is 3. The number of nitrogens with zero attached hydrogens (tertiary/aromatic N) is 3. The first-order chi connectivity index (χ1) is 6.68. The predicted octanol–water partition coefficient (Wildman–Crippen LogP) is 0.00990. The lowest BCUT2D eigenvalue weighted by Gasteiger charge is -1.90. The van der Waals surface area contributed by atoms with Crippen molar-refractivity contribution in [2.45, 2.75) is 0 Å². The molecule has 72 valence electrons. The summed E-state index contributed by atoms with van der Waals surface area (Å²) in [7, 11) is 0. The van der Waals surface area contributed by atoms with E-state index in [9.17, 15) is 4.79 Å². The number of nitrogens with two attached hydrogens (primary N) is 2. The average molecular weight is 209 g/mol. The van der Waals surface area contributed by atoms with E-state index in [2.05, 4.69) is 10.1 Å². The molecule has 2 rings (SSSR count). The van der Waals surface area contributed by atoms with Crippen molar-refractivity contribution in [2.24, 2.45) is 5.73 Å². The van der Waals surface area contributed by atoms with Gasteiger partial charge >= 0.3 is 0 Å². The van der Waals surface area contributed by atoms with Gasteiger partial charge in [-0.3, -0.25) is 4.79 Å². The van der Waals surface area contributed by atoms with Crippen LogP contribution in [0.4, 0.5) is 5.82 Å². The summed E-state index contributed by atoms with van der Waals surface area (Å²) < 4.78 is 1.43. The Morgan fingerprint density at radius 3 is 2.86 bits per heavy atom. The van der Waals surface area contributed by atoms with Crippen LogP contribution in [0.1, 0.15) is 10.4 Å². The molecule has 2 aromatic rings. The van der Waals surface area contributed by atoms with Crippen LogP contribution in [-0.2, 0) is 0 Å². The Labute approximate surface area is 83.2 Å². The Morgan fingerprint density at radius 1 is 1.57 bits per heavy atom. The summed E-state index contributed by atoms with van der Waals surface area (Å²) in [5, 5.41) is 6.36. The number of rotatable bonds is 2. The summed E-state index contributed by atoms with van der Waals surface area (Å²) in [6.07, 6.45) is 3.11. The zero-order chi connectivity index (χ0) is 10.1. The van der Waals surface area contributed by atoms with E-state index in [1.165, 1.54) is 22.2 Å². The third-order valence-corrected chi connectivity index (χ3v) is 2.38. The first kappa shape index (κ1) is 8.70. The highest BCUT2D eigenvalue weighted by molar-refractivity contribution is 7.12. The number of hydrogen-bond donors (Lipinski definition) is 2. The summed E-state index contributed by atoms with van der Waals surface area (Å²) in [5.74, 6) is -0.474. The SMILES string of the molecule is NC(=O)c1cn(-c2nccs2)nc1N. The quantitative estimate of drug-likeness (QED) is 0.727. The van der Waals surface area contributed by atoms with Gasteiger partial charge < -0.3 is 11.5 Å². The van der Waals surface area contributed by atoms with Gasteiger partial charge in [0.1, 0.15) is 5.56 Å². The highest BCUT2D eigenvalue weighted by Gasteiger charge is 2.12. The lowest BCUT2D eigenvalue weighted by atomic mass is 10.3. The van der Waals surface area contributed by atoms with Crippen molar-refractivity contribution in [2.75, 3.05) is 5.73 Å². The van der Waals surface area contributed by atoms with Gasteiger partial charge in [0.25, 0.3) is 5.91 Å². The Hall–Kier alpha value is -1.89. The summed E-state index contributed by atoms with van der Waals surface area (Å²) in [5.41, 5.74) is 10.8. The molecule has 2 aromatic heterocycles. The van der Waals surface area contributed by atoms with Crippen molar-refractivity contribution in [3.05, 3.63) is 23.3 Å². The number of primary amides is 1. The van der Waals surface area contributed by atoms with Gasteiger partial charge in [-0.25, -0.2) is 9.67 Å². The van der Waals surface area contributed by atoms with E-state index in [0.29, 0.717) is 5.13 Å². The normalized spacial score (nSPS) is 10.3. The third-order valence-electron chi connectivity index (χ3n) is 1.62.